The highest BCUT2D eigenvalue weighted by atomic mass is 19.1. The second-order valence-corrected chi connectivity index (χ2v) is 5.77. The van der Waals surface area contributed by atoms with E-state index in [4.69, 9.17) is 0 Å². The minimum absolute atomic E-state index is 0.0904. The van der Waals surface area contributed by atoms with Crippen LogP contribution in [0.1, 0.15) is 27.3 Å². The van der Waals surface area contributed by atoms with Crippen LogP contribution in [-0.4, -0.2) is 31.9 Å². The van der Waals surface area contributed by atoms with Crippen molar-refractivity contribution in [3.63, 3.8) is 0 Å². The van der Waals surface area contributed by atoms with Gasteiger partial charge in [0.1, 0.15) is 5.82 Å². The summed E-state index contributed by atoms with van der Waals surface area (Å²) >= 11 is 0. The number of amides is 1. The SMILES string of the molecule is Cc1cc2ncc3c(n2n1)CCN(C(=O)c1ccc(F)cc1)C3. The second-order valence-electron chi connectivity index (χ2n) is 5.77. The van der Waals surface area contributed by atoms with E-state index in [-0.39, 0.29) is 11.7 Å². The first-order chi connectivity index (χ1) is 11.1. The topological polar surface area (TPSA) is 50.5 Å². The molecule has 6 heteroatoms. The van der Waals surface area contributed by atoms with Crippen molar-refractivity contribution in [2.75, 3.05) is 6.54 Å². The fourth-order valence-corrected chi connectivity index (χ4v) is 3.00. The zero-order valence-electron chi connectivity index (χ0n) is 12.7. The minimum Gasteiger partial charge on any atom is -0.334 e. The lowest BCUT2D eigenvalue weighted by atomic mass is 10.1. The number of halogens is 1. The number of benzene rings is 1. The van der Waals surface area contributed by atoms with Crippen molar-refractivity contribution in [2.24, 2.45) is 0 Å². The molecule has 0 radical (unpaired) electrons. The molecular weight excluding hydrogens is 295 g/mol. The number of hydrogen-bond acceptors (Lipinski definition) is 3. The van der Waals surface area contributed by atoms with Gasteiger partial charge in [0.15, 0.2) is 5.65 Å². The summed E-state index contributed by atoms with van der Waals surface area (Å²) in [5.41, 5.74) is 4.36. The molecule has 0 unspecified atom stereocenters. The van der Waals surface area contributed by atoms with Gasteiger partial charge in [-0.05, 0) is 31.2 Å². The van der Waals surface area contributed by atoms with Crippen molar-refractivity contribution >= 4 is 11.6 Å². The third kappa shape index (κ3) is 2.36. The summed E-state index contributed by atoms with van der Waals surface area (Å²) in [6.45, 7) is 3.04. The number of aryl methyl sites for hydroxylation is 1. The Morgan fingerprint density at radius 3 is 2.83 bits per heavy atom. The van der Waals surface area contributed by atoms with Gasteiger partial charge in [-0.25, -0.2) is 13.9 Å². The maximum atomic E-state index is 13.0. The highest BCUT2D eigenvalue weighted by Crippen LogP contribution is 2.21. The van der Waals surface area contributed by atoms with E-state index in [2.05, 4.69) is 10.1 Å². The van der Waals surface area contributed by atoms with Gasteiger partial charge in [-0.2, -0.15) is 5.10 Å². The molecule has 0 spiro atoms. The van der Waals surface area contributed by atoms with E-state index < -0.39 is 0 Å². The number of carbonyl (C=O) groups is 1. The number of fused-ring (bicyclic) bond motifs is 3. The van der Waals surface area contributed by atoms with E-state index in [1.54, 1.807) is 4.90 Å². The van der Waals surface area contributed by atoms with Crippen molar-refractivity contribution in [2.45, 2.75) is 19.9 Å². The highest BCUT2D eigenvalue weighted by molar-refractivity contribution is 5.94. The average Bonchev–Trinajstić information content (AvgIpc) is 2.95. The summed E-state index contributed by atoms with van der Waals surface area (Å²) in [5, 5.41) is 4.47. The lowest BCUT2D eigenvalue weighted by molar-refractivity contribution is 0.0732. The smallest absolute Gasteiger partial charge is 0.254 e. The van der Waals surface area contributed by atoms with Crippen molar-refractivity contribution in [1.29, 1.82) is 0 Å². The summed E-state index contributed by atoms with van der Waals surface area (Å²) < 4.78 is 14.9. The van der Waals surface area contributed by atoms with Gasteiger partial charge in [0.05, 0.1) is 11.4 Å². The zero-order valence-corrected chi connectivity index (χ0v) is 12.7. The van der Waals surface area contributed by atoms with Crippen LogP contribution in [0.2, 0.25) is 0 Å². The number of aromatic nitrogens is 3. The van der Waals surface area contributed by atoms with Crippen LogP contribution in [0.3, 0.4) is 0 Å². The first-order valence-electron chi connectivity index (χ1n) is 7.50. The van der Waals surface area contributed by atoms with Gasteiger partial charge in [-0.3, -0.25) is 4.79 Å². The first kappa shape index (κ1) is 13.9. The lowest BCUT2D eigenvalue weighted by Crippen LogP contribution is -2.37. The molecule has 4 rings (SSSR count). The van der Waals surface area contributed by atoms with E-state index in [9.17, 15) is 9.18 Å². The summed E-state index contributed by atoms with van der Waals surface area (Å²) in [4.78, 5) is 18.7. The normalized spacial score (nSPS) is 14.1. The molecule has 0 atom stereocenters. The van der Waals surface area contributed by atoms with E-state index in [0.717, 1.165) is 29.0 Å². The summed E-state index contributed by atoms with van der Waals surface area (Å²) in [5.74, 6) is -0.432. The van der Waals surface area contributed by atoms with Crippen LogP contribution < -0.4 is 0 Å². The maximum absolute atomic E-state index is 13.0. The quantitative estimate of drug-likeness (QED) is 0.693. The third-order valence-corrected chi connectivity index (χ3v) is 4.15. The molecule has 3 heterocycles. The Labute approximate surface area is 132 Å². The van der Waals surface area contributed by atoms with Crippen LogP contribution >= 0.6 is 0 Å². The Bertz CT molecular complexity index is 901. The van der Waals surface area contributed by atoms with Gasteiger partial charge in [-0.1, -0.05) is 0 Å². The molecule has 0 saturated heterocycles. The molecular formula is C17H15FN4O. The molecule has 5 nitrogen and oxygen atoms in total. The molecule has 2 aromatic heterocycles. The van der Waals surface area contributed by atoms with Gasteiger partial charge < -0.3 is 4.90 Å². The van der Waals surface area contributed by atoms with E-state index in [1.807, 2.05) is 23.7 Å². The molecule has 1 aliphatic heterocycles. The lowest BCUT2D eigenvalue weighted by Gasteiger charge is -2.28. The van der Waals surface area contributed by atoms with E-state index >= 15 is 0 Å². The van der Waals surface area contributed by atoms with E-state index in [0.29, 0.717) is 18.7 Å². The monoisotopic (exact) mass is 310 g/mol. The Balaban J connectivity index is 1.64. The summed E-state index contributed by atoms with van der Waals surface area (Å²) in [6, 6.07) is 7.60. The largest absolute Gasteiger partial charge is 0.334 e. The standard InChI is InChI=1S/C17H15FN4O/c1-11-8-16-19-9-13-10-21(7-6-15(13)22(16)20-11)17(23)12-2-4-14(18)5-3-12/h2-5,8-9H,6-7,10H2,1H3. The van der Waals surface area contributed by atoms with Crippen LogP contribution in [0.4, 0.5) is 4.39 Å². The minimum atomic E-state index is -0.341. The van der Waals surface area contributed by atoms with Gasteiger partial charge in [0.25, 0.3) is 5.91 Å². The fraction of sp³-hybridized carbons (Fsp3) is 0.235. The third-order valence-electron chi connectivity index (χ3n) is 4.15. The van der Waals surface area contributed by atoms with Crippen LogP contribution in [0, 0.1) is 12.7 Å². The van der Waals surface area contributed by atoms with Crippen molar-refractivity contribution in [3.8, 4) is 0 Å². The molecule has 1 amide bonds. The predicted octanol–water partition coefficient (Wildman–Crippen LogP) is 2.38. The van der Waals surface area contributed by atoms with Crippen molar-refractivity contribution in [3.05, 3.63) is 64.9 Å². The molecule has 0 fully saturated rings. The molecule has 23 heavy (non-hydrogen) atoms. The van der Waals surface area contributed by atoms with Crippen LogP contribution in [0.15, 0.2) is 36.5 Å². The van der Waals surface area contributed by atoms with Crippen LogP contribution in [-0.2, 0) is 13.0 Å². The zero-order chi connectivity index (χ0) is 16.0. The average molecular weight is 310 g/mol. The summed E-state index contributed by atoms with van der Waals surface area (Å²) in [7, 11) is 0. The molecule has 0 bridgehead atoms. The van der Waals surface area contributed by atoms with Crippen LogP contribution in [0.25, 0.3) is 5.65 Å². The van der Waals surface area contributed by atoms with Crippen molar-refractivity contribution < 1.29 is 9.18 Å². The van der Waals surface area contributed by atoms with Gasteiger partial charge in [-0.15, -0.1) is 0 Å². The van der Waals surface area contributed by atoms with E-state index in [1.165, 1.54) is 24.3 Å². The second kappa shape index (κ2) is 5.15. The Kier molecular flexibility index (Phi) is 3.11. The molecule has 0 aliphatic carbocycles. The number of nitrogens with zero attached hydrogens (tertiary/aromatic N) is 4. The highest BCUT2D eigenvalue weighted by Gasteiger charge is 2.24. The van der Waals surface area contributed by atoms with Gasteiger partial charge >= 0.3 is 0 Å². The summed E-state index contributed by atoms with van der Waals surface area (Å²) in [6.07, 6.45) is 2.54. The molecule has 116 valence electrons. The Morgan fingerprint density at radius 2 is 2.04 bits per heavy atom. The predicted molar refractivity (Wildman–Crippen MR) is 82.6 cm³/mol. The van der Waals surface area contributed by atoms with Gasteiger partial charge in [0.2, 0.25) is 0 Å². The molecule has 1 aliphatic rings. The van der Waals surface area contributed by atoms with Crippen LogP contribution in [0.5, 0.6) is 0 Å². The Morgan fingerprint density at radius 1 is 1.26 bits per heavy atom. The number of rotatable bonds is 1. The molecule has 0 saturated carbocycles. The number of carbonyl (C=O) groups excluding carboxylic acids is 1. The first-order valence-corrected chi connectivity index (χ1v) is 7.50. The Hall–Kier alpha value is -2.76. The van der Waals surface area contributed by atoms with Crippen molar-refractivity contribution in [1.82, 2.24) is 19.5 Å². The molecule has 3 aromatic rings. The maximum Gasteiger partial charge on any atom is 0.254 e. The molecule has 1 aromatic carbocycles. The molecule has 0 N–H and O–H groups in total. The fourth-order valence-electron chi connectivity index (χ4n) is 3.00. The number of hydrogen-bond donors (Lipinski definition) is 0. The van der Waals surface area contributed by atoms with Gasteiger partial charge in [0, 0.05) is 42.9 Å².